The third-order valence-corrected chi connectivity index (χ3v) is 6.95. The van der Waals surface area contributed by atoms with E-state index in [9.17, 15) is 18.0 Å². The zero-order valence-corrected chi connectivity index (χ0v) is 18.5. The fourth-order valence-corrected chi connectivity index (χ4v) is 4.91. The van der Waals surface area contributed by atoms with E-state index < -0.39 is 12.2 Å². The first-order chi connectivity index (χ1) is 14.5. The van der Waals surface area contributed by atoms with Crippen LogP contribution in [0, 0.1) is 5.41 Å². The Bertz CT molecular complexity index is 788. The average molecular weight is 443 g/mol. The highest BCUT2D eigenvalue weighted by atomic mass is 19.4. The van der Waals surface area contributed by atoms with E-state index in [-0.39, 0.29) is 35.8 Å². The molecule has 6 nitrogen and oxygen atoms in total. The fourth-order valence-electron chi connectivity index (χ4n) is 4.91. The Kier molecular flexibility index (Phi) is 6.00. The highest BCUT2D eigenvalue weighted by Gasteiger charge is 2.48. The lowest BCUT2D eigenvalue weighted by molar-refractivity contribution is -0.175. The fraction of sp³-hybridized carbons (Fsp3) is 0.818. The number of hydrogen-bond acceptors (Lipinski definition) is 4. The van der Waals surface area contributed by atoms with Gasteiger partial charge in [0.1, 0.15) is 5.82 Å². The standard InChI is InChI=1S/C22H33F3N4O2/c1-21(2,3)17-13-18(22(23,24)25)29-19(26-17)12-16(27-29)14-6-8-28(9-7-14)20(30)11-15-5-4-10-31-15/h12,14-15,17-18,26H,4-11,13H2,1-3H3/t15?,17-,18+/m0/s1. The third-order valence-electron chi connectivity index (χ3n) is 6.95. The van der Waals surface area contributed by atoms with Crippen LogP contribution < -0.4 is 5.32 Å². The summed E-state index contributed by atoms with van der Waals surface area (Å²) in [5.41, 5.74) is 0.394. The van der Waals surface area contributed by atoms with Gasteiger partial charge in [-0.05, 0) is 37.5 Å². The van der Waals surface area contributed by atoms with E-state index in [2.05, 4.69) is 10.4 Å². The molecular formula is C22H33F3N4O2. The van der Waals surface area contributed by atoms with E-state index in [1.54, 1.807) is 6.07 Å². The second kappa shape index (κ2) is 8.30. The largest absolute Gasteiger partial charge is 0.410 e. The summed E-state index contributed by atoms with van der Waals surface area (Å²) in [7, 11) is 0. The van der Waals surface area contributed by atoms with Crippen LogP contribution >= 0.6 is 0 Å². The van der Waals surface area contributed by atoms with Crippen LogP contribution in [0.5, 0.6) is 0 Å². The number of ether oxygens (including phenoxy) is 1. The monoisotopic (exact) mass is 442 g/mol. The predicted molar refractivity (Wildman–Crippen MR) is 111 cm³/mol. The highest BCUT2D eigenvalue weighted by molar-refractivity contribution is 5.76. The molecule has 3 aliphatic rings. The van der Waals surface area contributed by atoms with Crippen molar-refractivity contribution in [2.45, 2.75) is 89.6 Å². The topological polar surface area (TPSA) is 59.4 Å². The maximum Gasteiger partial charge on any atom is 0.410 e. The number of hydrogen-bond donors (Lipinski definition) is 1. The molecule has 0 radical (unpaired) electrons. The number of nitrogens with one attached hydrogen (secondary N) is 1. The molecule has 0 bridgehead atoms. The number of aromatic nitrogens is 2. The number of anilines is 1. The summed E-state index contributed by atoms with van der Waals surface area (Å²) < 4.78 is 48.1. The summed E-state index contributed by atoms with van der Waals surface area (Å²) in [4.78, 5) is 14.4. The van der Waals surface area contributed by atoms with Crippen LogP contribution in [-0.2, 0) is 9.53 Å². The molecule has 1 aromatic heterocycles. The Morgan fingerprint density at radius 2 is 1.94 bits per heavy atom. The van der Waals surface area contributed by atoms with Crippen LogP contribution in [0.2, 0.25) is 0 Å². The molecule has 2 fully saturated rings. The van der Waals surface area contributed by atoms with Crippen molar-refractivity contribution < 1.29 is 22.7 Å². The van der Waals surface area contributed by atoms with E-state index in [4.69, 9.17) is 4.74 Å². The van der Waals surface area contributed by atoms with Crippen molar-refractivity contribution in [3.63, 3.8) is 0 Å². The van der Waals surface area contributed by atoms with Gasteiger partial charge in [-0.2, -0.15) is 18.3 Å². The maximum absolute atomic E-state index is 13.8. The molecule has 1 unspecified atom stereocenters. The first kappa shape index (κ1) is 22.4. The zero-order valence-electron chi connectivity index (χ0n) is 18.5. The van der Waals surface area contributed by atoms with Crippen LogP contribution in [0.15, 0.2) is 6.07 Å². The molecule has 4 heterocycles. The summed E-state index contributed by atoms with van der Waals surface area (Å²) in [6.07, 6.45) is -0.542. The van der Waals surface area contributed by atoms with Crippen LogP contribution in [0.1, 0.15) is 76.9 Å². The minimum Gasteiger partial charge on any atom is -0.378 e. The molecule has 3 atom stereocenters. The second-order valence-electron chi connectivity index (χ2n) is 10.2. The highest BCUT2D eigenvalue weighted by Crippen LogP contribution is 2.44. The number of alkyl halides is 3. The van der Waals surface area contributed by atoms with Gasteiger partial charge in [0.15, 0.2) is 6.04 Å². The van der Waals surface area contributed by atoms with E-state index in [1.165, 1.54) is 0 Å². The lowest BCUT2D eigenvalue weighted by Gasteiger charge is -2.39. The summed E-state index contributed by atoms with van der Waals surface area (Å²) >= 11 is 0. The first-order valence-electron chi connectivity index (χ1n) is 11.3. The smallest absolute Gasteiger partial charge is 0.378 e. The summed E-state index contributed by atoms with van der Waals surface area (Å²) in [5.74, 6) is 0.621. The number of amides is 1. The molecule has 0 aliphatic carbocycles. The van der Waals surface area contributed by atoms with Gasteiger partial charge in [0.05, 0.1) is 18.2 Å². The minimum absolute atomic E-state index is 0.0305. The number of piperidine rings is 1. The number of nitrogens with zero attached hydrogens (tertiary/aromatic N) is 3. The number of halogens is 3. The second-order valence-corrected chi connectivity index (χ2v) is 10.2. The van der Waals surface area contributed by atoms with E-state index in [0.29, 0.717) is 43.9 Å². The Labute approximate surface area is 181 Å². The predicted octanol–water partition coefficient (Wildman–Crippen LogP) is 4.49. The van der Waals surface area contributed by atoms with Gasteiger partial charge in [0.2, 0.25) is 5.91 Å². The van der Waals surface area contributed by atoms with Gasteiger partial charge < -0.3 is 15.0 Å². The van der Waals surface area contributed by atoms with E-state index >= 15 is 0 Å². The molecule has 1 aromatic rings. The van der Waals surface area contributed by atoms with Crippen molar-refractivity contribution in [2.24, 2.45) is 5.41 Å². The minimum atomic E-state index is -4.35. The quantitative estimate of drug-likeness (QED) is 0.749. The van der Waals surface area contributed by atoms with Crippen LogP contribution in [-0.4, -0.2) is 58.6 Å². The molecule has 3 aliphatic heterocycles. The van der Waals surface area contributed by atoms with Crippen molar-refractivity contribution >= 4 is 11.7 Å². The SMILES string of the molecule is CC(C)(C)[C@@H]1C[C@H](C(F)(F)F)n2nc(C3CCN(C(=O)CC4CCCO4)CC3)cc2N1. The van der Waals surface area contributed by atoms with Gasteiger partial charge in [0.25, 0.3) is 0 Å². The summed E-state index contributed by atoms with van der Waals surface area (Å²) in [6.45, 7) is 7.81. The molecule has 4 rings (SSSR count). The molecule has 0 spiro atoms. The average Bonchev–Trinajstić information content (AvgIpc) is 3.35. The van der Waals surface area contributed by atoms with Gasteiger partial charge in [-0.3, -0.25) is 4.79 Å². The molecule has 0 saturated carbocycles. The molecule has 174 valence electrons. The van der Waals surface area contributed by atoms with Gasteiger partial charge in [-0.25, -0.2) is 4.68 Å². The van der Waals surface area contributed by atoms with Crippen LogP contribution in [0.3, 0.4) is 0 Å². The Balaban J connectivity index is 1.44. The van der Waals surface area contributed by atoms with Crippen molar-refractivity contribution in [2.75, 3.05) is 25.0 Å². The maximum atomic E-state index is 13.8. The molecule has 1 N–H and O–H groups in total. The van der Waals surface area contributed by atoms with Gasteiger partial charge in [0, 0.05) is 37.7 Å². The van der Waals surface area contributed by atoms with Crippen molar-refractivity contribution in [1.82, 2.24) is 14.7 Å². The number of carbonyl (C=O) groups excluding carboxylic acids is 1. The Morgan fingerprint density at radius 3 is 2.52 bits per heavy atom. The molecule has 0 aromatic carbocycles. The summed E-state index contributed by atoms with van der Waals surface area (Å²) in [6, 6.07) is -0.117. The lowest BCUT2D eigenvalue weighted by atomic mass is 9.82. The lowest BCUT2D eigenvalue weighted by Crippen LogP contribution is -2.44. The van der Waals surface area contributed by atoms with Crippen LogP contribution in [0.25, 0.3) is 0 Å². The Morgan fingerprint density at radius 1 is 1.23 bits per heavy atom. The van der Waals surface area contributed by atoms with Crippen molar-refractivity contribution in [3.05, 3.63) is 11.8 Å². The van der Waals surface area contributed by atoms with E-state index in [0.717, 1.165) is 24.1 Å². The molecule has 9 heteroatoms. The van der Waals surface area contributed by atoms with Crippen molar-refractivity contribution in [1.29, 1.82) is 0 Å². The van der Waals surface area contributed by atoms with Crippen molar-refractivity contribution in [3.8, 4) is 0 Å². The molecular weight excluding hydrogens is 409 g/mol. The number of rotatable bonds is 3. The van der Waals surface area contributed by atoms with Gasteiger partial charge in [-0.15, -0.1) is 0 Å². The van der Waals surface area contributed by atoms with Gasteiger partial charge >= 0.3 is 6.18 Å². The number of fused-ring (bicyclic) bond motifs is 1. The first-order valence-corrected chi connectivity index (χ1v) is 11.3. The molecule has 1 amide bonds. The zero-order chi connectivity index (χ0) is 22.4. The Hall–Kier alpha value is -1.77. The number of likely N-dealkylation sites (tertiary alicyclic amines) is 1. The van der Waals surface area contributed by atoms with E-state index in [1.807, 2.05) is 25.7 Å². The van der Waals surface area contributed by atoms with Gasteiger partial charge in [-0.1, -0.05) is 20.8 Å². The molecule has 31 heavy (non-hydrogen) atoms. The normalized spacial score (nSPS) is 27.8. The summed E-state index contributed by atoms with van der Waals surface area (Å²) in [5, 5.41) is 7.69. The third kappa shape index (κ3) is 4.86. The molecule has 2 saturated heterocycles. The van der Waals surface area contributed by atoms with Crippen LogP contribution in [0.4, 0.5) is 19.0 Å². The number of carbonyl (C=O) groups is 1.